The second-order valence-electron chi connectivity index (χ2n) is 9.73. The molecular formula is C24H33N3O2. The maximum absolute atomic E-state index is 12.8. The summed E-state index contributed by atoms with van der Waals surface area (Å²) in [5.74, 6) is 1.67. The summed E-state index contributed by atoms with van der Waals surface area (Å²) in [7, 11) is 0. The van der Waals surface area contributed by atoms with E-state index >= 15 is 0 Å². The molecular weight excluding hydrogens is 362 g/mol. The number of rotatable bonds is 5. The van der Waals surface area contributed by atoms with Crippen LogP contribution in [-0.4, -0.2) is 53.3 Å². The SMILES string of the molecule is O=C(N[C@@H]1C[C@H]2CC[C@H]1C2)[C@H]1CC(=O)N(C2CCN(Cc3ccccc3)CC2)C1. The van der Waals surface area contributed by atoms with Crippen LogP contribution in [0, 0.1) is 17.8 Å². The zero-order chi connectivity index (χ0) is 19.8. The monoisotopic (exact) mass is 395 g/mol. The highest BCUT2D eigenvalue weighted by Gasteiger charge is 2.43. The zero-order valence-electron chi connectivity index (χ0n) is 17.3. The van der Waals surface area contributed by atoms with Crippen molar-refractivity contribution in [2.24, 2.45) is 17.8 Å². The van der Waals surface area contributed by atoms with Gasteiger partial charge in [-0.2, -0.15) is 0 Å². The summed E-state index contributed by atoms with van der Waals surface area (Å²) in [6, 6.07) is 11.3. The first-order valence-electron chi connectivity index (χ1n) is 11.5. The molecule has 0 aromatic heterocycles. The van der Waals surface area contributed by atoms with Gasteiger partial charge in [0.05, 0.1) is 5.92 Å². The molecule has 29 heavy (non-hydrogen) atoms. The highest BCUT2D eigenvalue weighted by molar-refractivity contribution is 5.89. The van der Waals surface area contributed by atoms with Gasteiger partial charge in [0.15, 0.2) is 0 Å². The van der Waals surface area contributed by atoms with E-state index in [2.05, 4.69) is 40.5 Å². The molecule has 4 fully saturated rings. The van der Waals surface area contributed by atoms with E-state index in [4.69, 9.17) is 0 Å². The molecule has 5 nitrogen and oxygen atoms in total. The van der Waals surface area contributed by atoms with E-state index in [-0.39, 0.29) is 17.7 Å². The molecule has 2 amide bonds. The maximum atomic E-state index is 12.8. The van der Waals surface area contributed by atoms with E-state index in [1.165, 1.54) is 24.8 Å². The van der Waals surface area contributed by atoms with Crippen molar-refractivity contribution in [1.82, 2.24) is 15.1 Å². The predicted molar refractivity (Wildman–Crippen MR) is 112 cm³/mol. The number of fused-ring (bicyclic) bond motifs is 2. The van der Waals surface area contributed by atoms with E-state index in [0.29, 0.717) is 31.0 Å². The molecule has 2 aliphatic carbocycles. The molecule has 5 rings (SSSR count). The quantitative estimate of drug-likeness (QED) is 0.834. The van der Waals surface area contributed by atoms with Crippen molar-refractivity contribution in [3.8, 4) is 0 Å². The van der Waals surface area contributed by atoms with Gasteiger partial charge in [-0.25, -0.2) is 0 Å². The number of hydrogen-bond acceptors (Lipinski definition) is 3. The molecule has 2 bridgehead atoms. The molecule has 0 unspecified atom stereocenters. The molecule has 2 saturated heterocycles. The van der Waals surface area contributed by atoms with Gasteiger partial charge in [-0.1, -0.05) is 36.8 Å². The molecule has 1 aromatic rings. The first-order chi connectivity index (χ1) is 14.2. The van der Waals surface area contributed by atoms with Crippen LogP contribution in [0.4, 0.5) is 0 Å². The van der Waals surface area contributed by atoms with E-state index < -0.39 is 0 Å². The fourth-order valence-electron chi connectivity index (χ4n) is 6.21. The van der Waals surface area contributed by atoms with Crippen molar-refractivity contribution in [3.63, 3.8) is 0 Å². The van der Waals surface area contributed by atoms with Crippen LogP contribution >= 0.6 is 0 Å². The second-order valence-corrected chi connectivity index (χ2v) is 9.73. The molecule has 1 aromatic carbocycles. The third-order valence-corrected chi connectivity index (χ3v) is 7.84. The highest BCUT2D eigenvalue weighted by atomic mass is 16.2. The lowest BCUT2D eigenvalue weighted by molar-refractivity contribution is -0.131. The Morgan fingerprint density at radius 3 is 2.52 bits per heavy atom. The molecule has 156 valence electrons. The Kier molecular flexibility index (Phi) is 5.33. The Labute approximate surface area is 173 Å². The summed E-state index contributed by atoms with van der Waals surface area (Å²) in [6.45, 7) is 3.64. The van der Waals surface area contributed by atoms with Gasteiger partial charge >= 0.3 is 0 Å². The Morgan fingerprint density at radius 2 is 1.83 bits per heavy atom. The van der Waals surface area contributed by atoms with Gasteiger partial charge in [0.1, 0.15) is 0 Å². The molecule has 4 aliphatic rings. The van der Waals surface area contributed by atoms with Crippen molar-refractivity contribution in [1.29, 1.82) is 0 Å². The van der Waals surface area contributed by atoms with Crippen molar-refractivity contribution in [2.45, 2.75) is 63.6 Å². The summed E-state index contributed by atoms with van der Waals surface area (Å²) in [6.07, 6.45) is 7.49. The lowest BCUT2D eigenvalue weighted by Crippen LogP contribution is -2.46. The summed E-state index contributed by atoms with van der Waals surface area (Å²) in [5, 5.41) is 3.30. The molecule has 2 saturated carbocycles. The number of carbonyl (C=O) groups is 2. The average molecular weight is 396 g/mol. The molecule has 1 N–H and O–H groups in total. The van der Waals surface area contributed by atoms with Crippen LogP contribution in [0.3, 0.4) is 0 Å². The number of amides is 2. The second kappa shape index (κ2) is 8.10. The van der Waals surface area contributed by atoms with Crippen molar-refractivity contribution < 1.29 is 9.59 Å². The van der Waals surface area contributed by atoms with Gasteiger partial charge in [-0.05, 0) is 49.5 Å². The standard InChI is InChI=1S/C24H33N3O2/c28-23-14-20(24(29)25-22-13-18-6-7-19(22)12-18)16-27(23)21-8-10-26(11-9-21)15-17-4-2-1-3-5-17/h1-5,18-22H,6-16H2,(H,25,29)/t18-,19-,20-,22+/m0/s1. The van der Waals surface area contributed by atoms with E-state index in [0.717, 1.165) is 44.8 Å². The van der Waals surface area contributed by atoms with E-state index in [1.54, 1.807) is 0 Å². The number of likely N-dealkylation sites (tertiary alicyclic amines) is 2. The number of piperidine rings is 1. The number of nitrogens with one attached hydrogen (secondary N) is 1. The lowest BCUT2D eigenvalue weighted by Gasteiger charge is -2.37. The van der Waals surface area contributed by atoms with Crippen LogP contribution in [0.25, 0.3) is 0 Å². The normalized spacial score (nSPS) is 32.8. The Morgan fingerprint density at radius 1 is 1.03 bits per heavy atom. The summed E-state index contributed by atoms with van der Waals surface area (Å²) in [4.78, 5) is 30.0. The van der Waals surface area contributed by atoms with E-state index in [1.807, 2.05) is 4.90 Å². The van der Waals surface area contributed by atoms with Crippen LogP contribution in [-0.2, 0) is 16.1 Å². The number of nitrogens with zero attached hydrogens (tertiary/aromatic N) is 2. The van der Waals surface area contributed by atoms with E-state index in [9.17, 15) is 9.59 Å². The smallest absolute Gasteiger partial charge is 0.225 e. The summed E-state index contributed by atoms with van der Waals surface area (Å²) < 4.78 is 0. The first kappa shape index (κ1) is 19.1. The maximum Gasteiger partial charge on any atom is 0.225 e. The molecule has 0 spiro atoms. The fourth-order valence-corrected chi connectivity index (χ4v) is 6.21. The average Bonchev–Trinajstić information content (AvgIpc) is 3.45. The van der Waals surface area contributed by atoms with Crippen molar-refractivity contribution in [3.05, 3.63) is 35.9 Å². The minimum absolute atomic E-state index is 0.125. The van der Waals surface area contributed by atoms with Gasteiger partial charge < -0.3 is 10.2 Å². The Balaban J connectivity index is 1.11. The number of hydrogen-bond donors (Lipinski definition) is 1. The predicted octanol–water partition coefficient (Wildman–Crippen LogP) is 2.80. The van der Waals surface area contributed by atoms with Gasteiger partial charge in [0, 0.05) is 44.7 Å². The van der Waals surface area contributed by atoms with Gasteiger partial charge in [-0.15, -0.1) is 0 Å². The molecule has 2 aliphatic heterocycles. The molecule has 2 heterocycles. The summed E-state index contributed by atoms with van der Waals surface area (Å²) in [5.41, 5.74) is 1.35. The van der Waals surface area contributed by atoms with Gasteiger partial charge in [0.2, 0.25) is 11.8 Å². The van der Waals surface area contributed by atoms with Crippen molar-refractivity contribution >= 4 is 11.8 Å². The summed E-state index contributed by atoms with van der Waals surface area (Å²) >= 11 is 0. The topological polar surface area (TPSA) is 52.7 Å². The third kappa shape index (κ3) is 4.07. The van der Waals surface area contributed by atoms with Gasteiger partial charge in [-0.3, -0.25) is 14.5 Å². The fraction of sp³-hybridized carbons (Fsp3) is 0.667. The zero-order valence-corrected chi connectivity index (χ0v) is 17.3. The Hall–Kier alpha value is -1.88. The lowest BCUT2D eigenvalue weighted by atomic mass is 9.94. The minimum atomic E-state index is -0.149. The third-order valence-electron chi connectivity index (χ3n) is 7.84. The van der Waals surface area contributed by atoms with Crippen LogP contribution in [0.1, 0.15) is 50.5 Å². The molecule has 0 radical (unpaired) electrons. The minimum Gasteiger partial charge on any atom is -0.353 e. The largest absolute Gasteiger partial charge is 0.353 e. The molecule has 4 atom stereocenters. The van der Waals surface area contributed by atoms with Crippen molar-refractivity contribution in [2.75, 3.05) is 19.6 Å². The molecule has 5 heteroatoms. The Bertz CT molecular complexity index is 744. The number of carbonyl (C=O) groups excluding carboxylic acids is 2. The van der Waals surface area contributed by atoms with Gasteiger partial charge in [0.25, 0.3) is 0 Å². The highest BCUT2D eigenvalue weighted by Crippen LogP contribution is 2.44. The van der Waals surface area contributed by atoms with Crippen LogP contribution < -0.4 is 5.32 Å². The van der Waals surface area contributed by atoms with Crippen LogP contribution in [0.5, 0.6) is 0 Å². The number of benzene rings is 1. The van der Waals surface area contributed by atoms with Crippen LogP contribution in [0.15, 0.2) is 30.3 Å². The first-order valence-corrected chi connectivity index (χ1v) is 11.5. The van der Waals surface area contributed by atoms with Crippen LogP contribution in [0.2, 0.25) is 0 Å².